The van der Waals surface area contributed by atoms with Crippen molar-refractivity contribution >= 4 is 28.7 Å². The third kappa shape index (κ3) is 3.36. The van der Waals surface area contributed by atoms with Crippen LogP contribution in [0.15, 0.2) is 16.1 Å². The zero-order valence-electron chi connectivity index (χ0n) is 17.3. The van der Waals surface area contributed by atoms with Crippen LogP contribution in [0.2, 0.25) is 0 Å². The summed E-state index contributed by atoms with van der Waals surface area (Å²) in [4.78, 5) is 32.8. The molecule has 0 N–H and O–H groups in total. The lowest BCUT2D eigenvalue weighted by Gasteiger charge is -2.35. The maximum atomic E-state index is 13.2. The van der Waals surface area contributed by atoms with Gasteiger partial charge in [0, 0.05) is 25.3 Å². The monoisotopic (exact) mass is 403 g/mol. The number of thioether (sulfide) groups is 1. The molecule has 3 atom stereocenters. The van der Waals surface area contributed by atoms with Gasteiger partial charge in [0.15, 0.2) is 10.8 Å². The Balaban J connectivity index is 1.63. The smallest absolute Gasteiger partial charge is 0.265 e. The van der Waals surface area contributed by atoms with Crippen molar-refractivity contribution in [3.63, 3.8) is 0 Å². The number of piperidine rings is 1. The number of likely N-dealkylation sites (tertiary alicyclic amines) is 1. The number of aromatic nitrogens is 4. The number of amides is 1. The second-order valence-electron chi connectivity index (χ2n) is 9.45. The third-order valence-corrected chi connectivity index (χ3v) is 6.74. The standard InChI is InChI=1S/C20H29N5O2S/c1-12-6-13(2)10-23(9-12)16(26)7-14-11-28-19-22-17-15(18(27)24(14)19)8-21-25(17)20(3,4)5/h8,12-14H,6-7,9-11H2,1-5H3. The maximum Gasteiger partial charge on any atom is 0.265 e. The van der Waals surface area contributed by atoms with Crippen LogP contribution in [0.3, 0.4) is 0 Å². The SMILES string of the molecule is CC1CC(C)CN(C(=O)CC2CSc3nc4c(cnn4C(C)(C)C)c(=O)n32)C1. The molecule has 2 aliphatic heterocycles. The molecule has 2 aromatic rings. The highest BCUT2D eigenvalue weighted by Gasteiger charge is 2.33. The molecule has 7 nitrogen and oxygen atoms in total. The van der Waals surface area contributed by atoms with Crippen LogP contribution >= 0.6 is 11.8 Å². The highest BCUT2D eigenvalue weighted by Crippen LogP contribution is 2.34. The molecule has 2 aromatic heterocycles. The van der Waals surface area contributed by atoms with E-state index in [1.165, 1.54) is 6.42 Å². The number of nitrogens with zero attached hydrogens (tertiary/aromatic N) is 5. The van der Waals surface area contributed by atoms with Crippen molar-refractivity contribution in [3.8, 4) is 0 Å². The van der Waals surface area contributed by atoms with Crippen molar-refractivity contribution in [2.24, 2.45) is 11.8 Å². The molecule has 0 saturated carbocycles. The fraction of sp³-hybridized carbons (Fsp3) is 0.700. The molecule has 152 valence electrons. The molecule has 0 bridgehead atoms. The molecule has 0 aliphatic carbocycles. The van der Waals surface area contributed by atoms with Crippen LogP contribution in [0.5, 0.6) is 0 Å². The highest BCUT2D eigenvalue weighted by molar-refractivity contribution is 7.99. The minimum Gasteiger partial charge on any atom is -0.342 e. The molecule has 1 saturated heterocycles. The van der Waals surface area contributed by atoms with Crippen molar-refractivity contribution in [2.75, 3.05) is 18.8 Å². The van der Waals surface area contributed by atoms with Crippen LogP contribution in [-0.4, -0.2) is 49.0 Å². The predicted octanol–water partition coefficient (Wildman–Crippen LogP) is 2.89. The molecule has 28 heavy (non-hydrogen) atoms. The second-order valence-corrected chi connectivity index (χ2v) is 10.4. The Kier molecular flexibility index (Phi) is 4.80. The second kappa shape index (κ2) is 6.90. The van der Waals surface area contributed by atoms with E-state index in [1.807, 2.05) is 25.7 Å². The summed E-state index contributed by atoms with van der Waals surface area (Å²) in [5.74, 6) is 1.92. The van der Waals surface area contributed by atoms with Gasteiger partial charge in [0.05, 0.1) is 17.8 Å². The molecule has 0 aromatic carbocycles. The zero-order chi connectivity index (χ0) is 20.2. The van der Waals surface area contributed by atoms with Crippen molar-refractivity contribution in [3.05, 3.63) is 16.6 Å². The lowest BCUT2D eigenvalue weighted by molar-refractivity contribution is -0.134. The lowest BCUT2D eigenvalue weighted by atomic mass is 9.91. The molecule has 4 heterocycles. The normalized spacial score (nSPS) is 25.3. The van der Waals surface area contributed by atoms with Crippen LogP contribution in [0.4, 0.5) is 0 Å². The van der Waals surface area contributed by atoms with E-state index in [9.17, 15) is 9.59 Å². The van der Waals surface area contributed by atoms with E-state index in [1.54, 1.807) is 27.2 Å². The van der Waals surface area contributed by atoms with E-state index >= 15 is 0 Å². The molecule has 0 radical (unpaired) electrons. The zero-order valence-corrected chi connectivity index (χ0v) is 18.1. The fourth-order valence-electron chi connectivity index (χ4n) is 4.47. The number of hydrogen-bond acceptors (Lipinski definition) is 5. The number of hydrogen-bond donors (Lipinski definition) is 0. The van der Waals surface area contributed by atoms with Crippen molar-refractivity contribution in [1.82, 2.24) is 24.2 Å². The first-order valence-electron chi connectivity index (χ1n) is 10.1. The van der Waals surface area contributed by atoms with Gasteiger partial charge in [0.2, 0.25) is 5.91 Å². The molecular formula is C20H29N5O2S. The first kappa shape index (κ1) is 19.5. The van der Waals surface area contributed by atoms with E-state index in [0.717, 1.165) is 13.1 Å². The summed E-state index contributed by atoms with van der Waals surface area (Å²) in [5, 5.41) is 5.62. The van der Waals surface area contributed by atoms with Gasteiger partial charge in [-0.1, -0.05) is 25.6 Å². The van der Waals surface area contributed by atoms with Crippen LogP contribution in [0, 0.1) is 11.8 Å². The number of carbonyl (C=O) groups is 1. The van der Waals surface area contributed by atoms with Gasteiger partial charge in [-0.05, 0) is 39.0 Å². The molecule has 1 fully saturated rings. The summed E-state index contributed by atoms with van der Waals surface area (Å²) in [6.45, 7) is 12.2. The Morgan fingerprint density at radius 3 is 2.57 bits per heavy atom. The number of rotatable bonds is 2. The Bertz CT molecular complexity index is 963. The largest absolute Gasteiger partial charge is 0.342 e. The molecule has 3 unspecified atom stereocenters. The Morgan fingerprint density at radius 1 is 1.25 bits per heavy atom. The minimum atomic E-state index is -0.250. The topological polar surface area (TPSA) is 73.0 Å². The summed E-state index contributed by atoms with van der Waals surface area (Å²) in [7, 11) is 0. The first-order chi connectivity index (χ1) is 13.1. The molecule has 2 aliphatic rings. The summed E-state index contributed by atoms with van der Waals surface area (Å²) in [6.07, 6.45) is 3.14. The van der Waals surface area contributed by atoms with E-state index in [0.29, 0.717) is 40.2 Å². The van der Waals surface area contributed by atoms with Gasteiger partial charge < -0.3 is 4.90 Å². The Labute approximate surface area is 169 Å². The van der Waals surface area contributed by atoms with Gasteiger partial charge in [-0.25, -0.2) is 9.67 Å². The molecular weight excluding hydrogens is 374 g/mol. The van der Waals surface area contributed by atoms with Crippen LogP contribution in [0.25, 0.3) is 11.0 Å². The highest BCUT2D eigenvalue weighted by atomic mass is 32.2. The van der Waals surface area contributed by atoms with Crippen molar-refractivity contribution in [1.29, 1.82) is 0 Å². The van der Waals surface area contributed by atoms with Crippen molar-refractivity contribution in [2.45, 2.75) is 64.2 Å². The number of fused-ring (bicyclic) bond motifs is 2. The molecule has 4 rings (SSSR count). The van der Waals surface area contributed by atoms with Gasteiger partial charge in [-0.3, -0.25) is 14.2 Å². The Hall–Kier alpha value is -1.83. The maximum absolute atomic E-state index is 13.2. The summed E-state index contributed by atoms with van der Waals surface area (Å²) in [5.41, 5.74) is 0.293. The van der Waals surface area contributed by atoms with Gasteiger partial charge in [-0.2, -0.15) is 5.10 Å². The van der Waals surface area contributed by atoms with Crippen LogP contribution in [0.1, 0.15) is 53.5 Å². The predicted molar refractivity (Wildman–Crippen MR) is 111 cm³/mol. The lowest BCUT2D eigenvalue weighted by Crippen LogP contribution is -2.43. The quantitative estimate of drug-likeness (QED) is 0.721. The summed E-state index contributed by atoms with van der Waals surface area (Å²) >= 11 is 1.56. The van der Waals surface area contributed by atoms with Crippen molar-refractivity contribution < 1.29 is 4.79 Å². The van der Waals surface area contributed by atoms with E-state index in [2.05, 4.69) is 18.9 Å². The fourth-order valence-corrected chi connectivity index (χ4v) is 5.60. The first-order valence-corrected chi connectivity index (χ1v) is 11.0. The van der Waals surface area contributed by atoms with E-state index in [-0.39, 0.29) is 23.0 Å². The number of carbonyl (C=O) groups excluding carboxylic acids is 1. The summed E-state index contributed by atoms with van der Waals surface area (Å²) in [6, 6.07) is -0.137. The van der Waals surface area contributed by atoms with E-state index < -0.39 is 0 Å². The van der Waals surface area contributed by atoms with Gasteiger partial charge >= 0.3 is 0 Å². The van der Waals surface area contributed by atoms with Gasteiger partial charge in [-0.15, -0.1) is 0 Å². The molecule has 0 spiro atoms. The minimum absolute atomic E-state index is 0.0846. The van der Waals surface area contributed by atoms with Crippen LogP contribution < -0.4 is 5.56 Å². The molecule has 8 heteroatoms. The molecule has 1 amide bonds. The van der Waals surface area contributed by atoms with E-state index in [4.69, 9.17) is 4.98 Å². The average Bonchev–Trinajstić information content (AvgIpc) is 3.18. The Morgan fingerprint density at radius 2 is 1.93 bits per heavy atom. The third-order valence-electron chi connectivity index (χ3n) is 5.64. The van der Waals surface area contributed by atoms with Gasteiger partial charge in [0.1, 0.15) is 5.39 Å². The summed E-state index contributed by atoms with van der Waals surface area (Å²) < 4.78 is 3.52. The average molecular weight is 404 g/mol. The van der Waals surface area contributed by atoms with Crippen LogP contribution in [-0.2, 0) is 10.3 Å². The van der Waals surface area contributed by atoms with Gasteiger partial charge in [0.25, 0.3) is 5.56 Å².